The number of esters is 1. The van der Waals surface area contributed by atoms with Crippen molar-refractivity contribution in [2.24, 2.45) is 0 Å². The summed E-state index contributed by atoms with van der Waals surface area (Å²) in [7, 11) is 5.88. The van der Waals surface area contributed by atoms with Crippen molar-refractivity contribution in [3.8, 4) is 17.2 Å². The van der Waals surface area contributed by atoms with Gasteiger partial charge < -0.3 is 18.9 Å². The molecule has 0 fully saturated rings. The Kier molecular flexibility index (Phi) is 5.27. The van der Waals surface area contributed by atoms with Gasteiger partial charge >= 0.3 is 5.97 Å². The molecule has 0 aliphatic rings. The lowest BCUT2D eigenvalue weighted by atomic mass is 10.1. The van der Waals surface area contributed by atoms with Crippen molar-refractivity contribution < 1.29 is 23.7 Å². The molecule has 0 bridgehead atoms. The molecular weight excluding hydrogens is 304 g/mol. The van der Waals surface area contributed by atoms with Crippen LogP contribution in [-0.4, -0.2) is 34.4 Å². The zero-order valence-corrected chi connectivity index (χ0v) is 12.3. The van der Waals surface area contributed by atoms with Crippen LogP contribution in [0.2, 0.25) is 0 Å². The van der Waals surface area contributed by atoms with Crippen LogP contribution in [0, 0.1) is 0 Å². The van der Waals surface area contributed by atoms with Crippen molar-refractivity contribution >= 4 is 21.9 Å². The molecule has 0 saturated heterocycles. The minimum absolute atomic E-state index is 0.0959. The average molecular weight is 319 g/mol. The van der Waals surface area contributed by atoms with E-state index in [0.29, 0.717) is 27.3 Å². The van der Waals surface area contributed by atoms with Crippen molar-refractivity contribution in [1.82, 2.24) is 0 Å². The van der Waals surface area contributed by atoms with E-state index in [9.17, 15) is 4.79 Å². The van der Waals surface area contributed by atoms with E-state index in [1.165, 1.54) is 28.4 Å². The maximum absolute atomic E-state index is 11.3. The number of hydrogen-bond acceptors (Lipinski definition) is 5. The minimum Gasteiger partial charge on any atom is -0.492 e. The Labute approximate surface area is 114 Å². The van der Waals surface area contributed by atoms with E-state index in [-0.39, 0.29) is 12.4 Å². The molecule has 0 saturated carbocycles. The fraction of sp³-hybridized carbons (Fsp3) is 0.417. The second kappa shape index (κ2) is 6.49. The van der Waals surface area contributed by atoms with Gasteiger partial charge in [0, 0.05) is 5.56 Å². The van der Waals surface area contributed by atoms with E-state index in [2.05, 4.69) is 20.7 Å². The van der Waals surface area contributed by atoms with Gasteiger partial charge in [-0.05, 0) is 22.0 Å². The Balaban J connectivity index is 3.34. The molecule has 6 heteroatoms. The lowest BCUT2D eigenvalue weighted by Gasteiger charge is -2.16. The Bertz CT molecular complexity index is 445. The Morgan fingerprint density at radius 2 is 1.61 bits per heavy atom. The number of benzene rings is 1. The molecule has 0 unspecified atom stereocenters. The molecule has 18 heavy (non-hydrogen) atoms. The first-order valence-corrected chi connectivity index (χ1v) is 5.92. The second-order valence-corrected chi connectivity index (χ2v) is 4.22. The van der Waals surface area contributed by atoms with Crippen LogP contribution in [0.3, 0.4) is 0 Å². The summed E-state index contributed by atoms with van der Waals surface area (Å²) in [6, 6.07) is 1.75. The summed E-state index contributed by atoms with van der Waals surface area (Å²) in [4.78, 5) is 11.3. The smallest absolute Gasteiger partial charge is 0.310 e. The highest BCUT2D eigenvalue weighted by Gasteiger charge is 2.21. The van der Waals surface area contributed by atoms with Gasteiger partial charge in [-0.1, -0.05) is 0 Å². The molecule has 1 aromatic carbocycles. The van der Waals surface area contributed by atoms with Gasteiger partial charge in [0.05, 0.1) is 39.3 Å². The number of halogens is 1. The van der Waals surface area contributed by atoms with Gasteiger partial charge in [-0.3, -0.25) is 4.79 Å². The third-order valence-electron chi connectivity index (χ3n) is 2.40. The van der Waals surface area contributed by atoms with Crippen molar-refractivity contribution in [2.75, 3.05) is 28.4 Å². The van der Waals surface area contributed by atoms with Crippen LogP contribution in [0.25, 0.3) is 0 Å². The van der Waals surface area contributed by atoms with Crippen LogP contribution < -0.4 is 14.2 Å². The fourth-order valence-corrected chi connectivity index (χ4v) is 2.22. The highest BCUT2D eigenvalue weighted by Crippen LogP contribution is 2.45. The number of carbonyl (C=O) groups excluding carboxylic acids is 1. The molecule has 0 aliphatic carbocycles. The third-order valence-corrected chi connectivity index (χ3v) is 2.99. The summed E-state index contributed by atoms with van der Waals surface area (Å²) in [5.41, 5.74) is 0.661. The van der Waals surface area contributed by atoms with Gasteiger partial charge in [-0.15, -0.1) is 0 Å². The first-order valence-electron chi connectivity index (χ1n) is 5.13. The molecule has 1 rings (SSSR count). The number of methoxy groups -OCH3 is 4. The predicted molar refractivity (Wildman–Crippen MR) is 69.5 cm³/mol. The zero-order valence-electron chi connectivity index (χ0n) is 10.7. The highest BCUT2D eigenvalue weighted by atomic mass is 79.9. The van der Waals surface area contributed by atoms with Crippen LogP contribution in [0.5, 0.6) is 17.2 Å². The molecule has 1 aromatic rings. The molecule has 0 N–H and O–H groups in total. The summed E-state index contributed by atoms with van der Waals surface area (Å²) in [5, 5.41) is 0. The lowest BCUT2D eigenvalue weighted by molar-refractivity contribution is -0.139. The molecule has 5 nitrogen and oxygen atoms in total. The number of ether oxygens (including phenoxy) is 4. The van der Waals surface area contributed by atoms with Gasteiger partial charge in [0.15, 0.2) is 11.5 Å². The minimum atomic E-state index is -0.354. The monoisotopic (exact) mass is 318 g/mol. The van der Waals surface area contributed by atoms with Gasteiger partial charge in [-0.2, -0.15) is 0 Å². The average Bonchev–Trinajstić information content (AvgIpc) is 2.37. The highest BCUT2D eigenvalue weighted by molar-refractivity contribution is 9.10. The van der Waals surface area contributed by atoms with Crippen molar-refractivity contribution in [1.29, 1.82) is 0 Å². The number of hydrogen-bond donors (Lipinski definition) is 0. The van der Waals surface area contributed by atoms with Gasteiger partial charge in [0.2, 0.25) is 5.75 Å². The van der Waals surface area contributed by atoms with Crippen molar-refractivity contribution in [3.05, 3.63) is 16.1 Å². The van der Waals surface area contributed by atoms with Gasteiger partial charge in [-0.25, -0.2) is 0 Å². The van der Waals surface area contributed by atoms with E-state index in [0.717, 1.165) is 0 Å². The van der Waals surface area contributed by atoms with Crippen LogP contribution in [0.1, 0.15) is 5.56 Å². The molecule has 0 heterocycles. The second-order valence-electron chi connectivity index (χ2n) is 3.37. The molecule has 0 aliphatic heterocycles. The van der Waals surface area contributed by atoms with Crippen molar-refractivity contribution in [3.63, 3.8) is 0 Å². The van der Waals surface area contributed by atoms with Crippen LogP contribution >= 0.6 is 15.9 Å². The maximum Gasteiger partial charge on any atom is 0.310 e. The quantitative estimate of drug-likeness (QED) is 0.779. The number of carbonyl (C=O) groups is 1. The molecule has 0 amide bonds. The number of rotatable bonds is 5. The van der Waals surface area contributed by atoms with E-state index in [1.807, 2.05) is 0 Å². The summed E-state index contributed by atoms with van der Waals surface area (Å²) in [5.74, 6) is 1.06. The Morgan fingerprint density at radius 1 is 1.06 bits per heavy atom. The first-order chi connectivity index (χ1) is 8.58. The topological polar surface area (TPSA) is 54.0 Å². The lowest BCUT2D eigenvalue weighted by Crippen LogP contribution is -2.07. The molecular formula is C12H15BrO5. The van der Waals surface area contributed by atoms with Crippen LogP contribution in [-0.2, 0) is 16.0 Å². The molecule has 0 atom stereocenters. The zero-order chi connectivity index (χ0) is 13.7. The van der Waals surface area contributed by atoms with Crippen molar-refractivity contribution in [2.45, 2.75) is 6.42 Å². The standard InChI is InChI=1S/C12H15BrO5/c1-15-9(14)6-7-5-8(13)11(17-3)12(18-4)10(7)16-2/h5H,6H2,1-4H3. The Morgan fingerprint density at radius 3 is 2.06 bits per heavy atom. The van der Waals surface area contributed by atoms with E-state index >= 15 is 0 Å². The van der Waals surface area contributed by atoms with E-state index in [4.69, 9.17) is 14.2 Å². The molecule has 0 radical (unpaired) electrons. The van der Waals surface area contributed by atoms with Crippen LogP contribution in [0.15, 0.2) is 10.5 Å². The Hall–Kier alpha value is -1.43. The molecule has 100 valence electrons. The SMILES string of the molecule is COC(=O)Cc1cc(Br)c(OC)c(OC)c1OC. The fourth-order valence-electron chi connectivity index (χ4n) is 1.60. The van der Waals surface area contributed by atoms with Gasteiger partial charge in [0.25, 0.3) is 0 Å². The van der Waals surface area contributed by atoms with Crippen LogP contribution in [0.4, 0.5) is 0 Å². The summed E-state index contributed by atoms with van der Waals surface area (Å²) in [6.07, 6.45) is 0.0959. The largest absolute Gasteiger partial charge is 0.492 e. The summed E-state index contributed by atoms with van der Waals surface area (Å²) < 4.78 is 21.1. The van der Waals surface area contributed by atoms with E-state index in [1.54, 1.807) is 6.07 Å². The molecule has 0 aromatic heterocycles. The predicted octanol–water partition coefficient (Wildman–Crippen LogP) is 2.19. The normalized spacial score (nSPS) is 9.83. The molecule has 0 spiro atoms. The first kappa shape index (κ1) is 14.6. The maximum atomic E-state index is 11.3. The summed E-state index contributed by atoms with van der Waals surface area (Å²) in [6.45, 7) is 0. The van der Waals surface area contributed by atoms with Gasteiger partial charge in [0.1, 0.15) is 0 Å². The van der Waals surface area contributed by atoms with E-state index < -0.39 is 0 Å². The summed E-state index contributed by atoms with van der Waals surface area (Å²) >= 11 is 3.36. The third kappa shape index (κ3) is 2.87.